The SMILES string of the molecule is Cc1cccc(CNc2ccnc(C(=O)NCCc3ccc(F)cc3)c2)c1. The first-order valence-electron chi connectivity index (χ1n) is 8.88. The van der Waals surface area contributed by atoms with Crippen LogP contribution in [0, 0.1) is 12.7 Å². The first-order valence-corrected chi connectivity index (χ1v) is 8.88. The van der Waals surface area contributed by atoms with Gasteiger partial charge in [-0.1, -0.05) is 42.0 Å². The molecule has 5 heteroatoms. The molecule has 0 aliphatic heterocycles. The Kier molecular flexibility index (Phi) is 6.15. The van der Waals surface area contributed by atoms with Crippen molar-refractivity contribution in [3.63, 3.8) is 0 Å². The van der Waals surface area contributed by atoms with Gasteiger partial charge in [0.15, 0.2) is 0 Å². The summed E-state index contributed by atoms with van der Waals surface area (Å²) in [6, 6.07) is 18.1. The first-order chi connectivity index (χ1) is 13.1. The zero-order chi connectivity index (χ0) is 19.1. The number of amides is 1. The molecule has 138 valence electrons. The summed E-state index contributed by atoms with van der Waals surface area (Å²) in [5.74, 6) is -0.488. The fourth-order valence-corrected chi connectivity index (χ4v) is 2.75. The van der Waals surface area contributed by atoms with Gasteiger partial charge in [-0.3, -0.25) is 9.78 Å². The third kappa shape index (κ3) is 5.64. The van der Waals surface area contributed by atoms with Crippen molar-refractivity contribution in [1.29, 1.82) is 0 Å². The summed E-state index contributed by atoms with van der Waals surface area (Å²) in [6.07, 6.45) is 2.25. The highest BCUT2D eigenvalue weighted by Gasteiger charge is 2.07. The number of benzene rings is 2. The topological polar surface area (TPSA) is 54.0 Å². The zero-order valence-electron chi connectivity index (χ0n) is 15.2. The molecule has 0 fully saturated rings. The third-order valence-electron chi connectivity index (χ3n) is 4.18. The summed E-state index contributed by atoms with van der Waals surface area (Å²) in [4.78, 5) is 16.4. The lowest BCUT2D eigenvalue weighted by Crippen LogP contribution is -2.26. The molecule has 1 amide bonds. The second-order valence-corrected chi connectivity index (χ2v) is 6.40. The summed E-state index contributed by atoms with van der Waals surface area (Å²) in [6.45, 7) is 3.20. The molecule has 0 saturated carbocycles. The molecular weight excluding hydrogens is 341 g/mol. The van der Waals surface area contributed by atoms with E-state index in [-0.39, 0.29) is 11.7 Å². The van der Waals surface area contributed by atoms with Gasteiger partial charge in [0.25, 0.3) is 5.91 Å². The highest BCUT2D eigenvalue weighted by Crippen LogP contribution is 2.11. The molecule has 3 aromatic rings. The van der Waals surface area contributed by atoms with Crippen LogP contribution >= 0.6 is 0 Å². The normalized spacial score (nSPS) is 10.4. The van der Waals surface area contributed by atoms with E-state index in [2.05, 4.69) is 40.7 Å². The number of anilines is 1. The molecule has 0 saturated heterocycles. The highest BCUT2D eigenvalue weighted by molar-refractivity contribution is 5.93. The van der Waals surface area contributed by atoms with Crippen molar-refractivity contribution in [1.82, 2.24) is 10.3 Å². The van der Waals surface area contributed by atoms with E-state index < -0.39 is 0 Å². The Balaban J connectivity index is 1.52. The molecule has 2 aromatic carbocycles. The van der Waals surface area contributed by atoms with Crippen LogP contribution in [-0.2, 0) is 13.0 Å². The van der Waals surface area contributed by atoms with Gasteiger partial charge in [0.1, 0.15) is 11.5 Å². The van der Waals surface area contributed by atoms with E-state index in [0.717, 1.165) is 11.3 Å². The second-order valence-electron chi connectivity index (χ2n) is 6.40. The van der Waals surface area contributed by atoms with Crippen LogP contribution in [0.2, 0.25) is 0 Å². The maximum atomic E-state index is 12.9. The molecule has 4 nitrogen and oxygen atoms in total. The van der Waals surface area contributed by atoms with Crippen molar-refractivity contribution in [2.45, 2.75) is 19.9 Å². The number of hydrogen-bond acceptors (Lipinski definition) is 3. The predicted octanol–water partition coefficient (Wildman–Crippen LogP) is 4.11. The largest absolute Gasteiger partial charge is 0.381 e. The van der Waals surface area contributed by atoms with Crippen molar-refractivity contribution in [2.75, 3.05) is 11.9 Å². The Morgan fingerprint density at radius 2 is 1.85 bits per heavy atom. The van der Waals surface area contributed by atoms with Gasteiger partial charge in [-0.25, -0.2) is 4.39 Å². The monoisotopic (exact) mass is 363 g/mol. The number of pyridine rings is 1. The van der Waals surface area contributed by atoms with Crippen LogP contribution in [0.5, 0.6) is 0 Å². The van der Waals surface area contributed by atoms with E-state index in [9.17, 15) is 9.18 Å². The molecular formula is C22H22FN3O. The van der Waals surface area contributed by atoms with Crippen LogP contribution in [0.15, 0.2) is 66.9 Å². The van der Waals surface area contributed by atoms with Crippen molar-refractivity contribution in [2.24, 2.45) is 0 Å². The van der Waals surface area contributed by atoms with Gasteiger partial charge >= 0.3 is 0 Å². The quantitative estimate of drug-likeness (QED) is 0.664. The van der Waals surface area contributed by atoms with Crippen LogP contribution in [0.1, 0.15) is 27.2 Å². The molecule has 0 spiro atoms. The van der Waals surface area contributed by atoms with Gasteiger partial charge < -0.3 is 10.6 Å². The van der Waals surface area contributed by atoms with Gasteiger partial charge in [-0.15, -0.1) is 0 Å². The molecule has 3 rings (SSSR count). The number of carbonyl (C=O) groups excluding carboxylic acids is 1. The number of nitrogens with one attached hydrogen (secondary N) is 2. The molecule has 0 unspecified atom stereocenters. The Bertz CT molecular complexity index is 909. The summed E-state index contributed by atoms with van der Waals surface area (Å²) < 4.78 is 12.9. The summed E-state index contributed by atoms with van der Waals surface area (Å²) in [5.41, 5.74) is 4.57. The number of carbonyl (C=O) groups is 1. The molecule has 1 heterocycles. The number of rotatable bonds is 7. The van der Waals surface area contributed by atoms with Gasteiger partial charge in [-0.05, 0) is 48.7 Å². The van der Waals surface area contributed by atoms with Gasteiger partial charge in [0.05, 0.1) is 0 Å². The summed E-state index contributed by atoms with van der Waals surface area (Å²) >= 11 is 0. The average Bonchev–Trinajstić information content (AvgIpc) is 2.68. The van der Waals surface area contributed by atoms with Crippen molar-refractivity contribution in [3.05, 3.63) is 95.1 Å². The minimum atomic E-state index is -0.262. The lowest BCUT2D eigenvalue weighted by Gasteiger charge is -2.09. The van der Waals surface area contributed by atoms with E-state index in [0.29, 0.717) is 25.2 Å². The van der Waals surface area contributed by atoms with Crippen LogP contribution in [-0.4, -0.2) is 17.4 Å². The molecule has 2 N–H and O–H groups in total. The summed E-state index contributed by atoms with van der Waals surface area (Å²) in [5, 5.41) is 6.16. The Morgan fingerprint density at radius 1 is 1.04 bits per heavy atom. The molecule has 0 aliphatic rings. The Hall–Kier alpha value is -3.21. The fraction of sp³-hybridized carbons (Fsp3) is 0.182. The lowest BCUT2D eigenvalue weighted by molar-refractivity contribution is 0.0949. The molecule has 27 heavy (non-hydrogen) atoms. The maximum Gasteiger partial charge on any atom is 0.269 e. The van der Waals surface area contributed by atoms with E-state index in [4.69, 9.17) is 0 Å². The van der Waals surface area contributed by atoms with Crippen LogP contribution in [0.25, 0.3) is 0 Å². The Morgan fingerprint density at radius 3 is 2.63 bits per heavy atom. The number of aromatic nitrogens is 1. The maximum absolute atomic E-state index is 12.9. The molecule has 0 atom stereocenters. The fourth-order valence-electron chi connectivity index (χ4n) is 2.75. The van der Waals surface area contributed by atoms with E-state index in [1.54, 1.807) is 24.4 Å². The van der Waals surface area contributed by atoms with Crippen molar-refractivity contribution >= 4 is 11.6 Å². The van der Waals surface area contributed by atoms with Gasteiger partial charge in [0, 0.05) is 25.0 Å². The number of hydrogen-bond donors (Lipinski definition) is 2. The first kappa shape index (κ1) is 18.6. The number of aryl methyl sites for hydroxylation is 1. The predicted molar refractivity (Wildman–Crippen MR) is 105 cm³/mol. The van der Waals surface area contributed by atoms with Gasteiger partial charge in [-0.2, -0.15) is 0 Å². The average molecular weight is 363 g/mol. The minimum Gasteiger partial charge on any atom is -0.381 e. The second kappa shape index (κ2) is 8.94. The van der Waals surface area contributed by atoms with Crippen LogP contribution in [0.3, 0.4) is 0 Å². The molecule has 0 aliphatic carbocycles. The number of halogens is 1. The Labute approximate surface area is 158 Å². The summed E-state index contributed by atoms with van der Waals surface area (Å²) in [7, 11) is 0. The third-order valence-corrected chi connectivity index (χ3v) is 4.18. The van der Waals surface area contributed by atoms with E-state index in [1.807, 2.05) is 12.1 Å². The minimum absolute atomic E-state index is 0.226. The smallest absolute Gasteiger partial charge is 0.269 e. The molecule has 1 aromatic heterocycles. The zero-order valence-corrected chi connectivity index (χ0v) is 15.2. The molecule has 0 bridgehead atoms. The van der Waals surface area contributed by atoms with Crippen LogP contribution < -0.4 is 10.6 Å². The van der Waals surface area contributed by atoms with E-state index in [1.165, 1.54) is 23.3 Å². The number of nitrogens with zero attached hydrogens (tertiary/aromatic N) is 1. The van der Waals surface area contributed by atoms with E-state index >= 15 is 0 Å². The lowest BCUT2D eigenvalue weighted by atomic mass is 10.1. The van der Waals surface area contributed by atoms with Crippen LogP contribution in [0.4, 0.5) is 10.1 Å². The standard InChI is InChI=1S/C22H22FN3O/c1-16-3-2-4-18(13-16)15-26-20-10-12-24-21(14-20)22(27)25-11-9-17-5-7-19(23)8-6-17/h2-8,10,12-14H,9,11,15H2,1H3,(H,24,26)(H,25,27). The van der Waals surface area contributed by atoms with Gasteiger partial charge in [0.2, 0.25) is 0 Å². The van der Waals surface area contributed by atoms with Crippen molar-refractivity contribution in [3.8, 4) is 0 Å². The molecule has 0 radical (unpaired) electrons. The van der Waals surface area contributed by atoms with Crippen molar-refractivity contribution < 1.29 is 9.18 Å². The highest BCUT2D eigenvalue weighted by atomic mass is 19.1.